The first-order valence-electron chi connectivity index (χ1n) is 4.85. The standard InChI is InChI=1S/C11H13BrFNO2/c1-7(2)16-6-11(15)14-10-4-3-8(12)5-9(10)13/h3-5,7H,6H2,1-2H3,(H,14,15). The van der Waals surface area contributed by atoms with Crippen molar-refractivity contribution in [3.63, 3.8) is 0 Å². The molecule has 0 saturated heterocycles. The van der Waals surface area contributed by atoms with Gasteiger partial charge in [-0.25, -0.2) is 4.39 Å². The number of rotatable bonds is 4. The number of benzene rings is 1. The molecule has 0 aliphatic rings. The lowest BCUT2D eigenvalue weighted by molar-refractivity contribution is -0.121. The summed E-state index contributed by atoms with van der Waals surface area (Å²) in [7, 11) is 0. The Labute approximate surface area is 102 Å². The topological polar surface area (TPSA) is 38.3 Å². The summed E-state index contributed by atoms with van der Waals surface area (Å²) >= 11 is 3.13. The summed E-state index contributed by atoms with van der Waals surface area (Å²) in [5, 5.41) is 2.43. The van der Waals surface area contributed by atoms with Crippen LogP contribution < -0.4 is 5.32 Å². The fourth-order valence-electron chi connectivity index (χ4n) is 1.02. The molecule has 1 rings (SSSR count). The Hall–Kier alpha value is -0.940. The molecule has 0 saturated carbocycles. The van der Waals surface area contributed by atoms with Crippen molar-refractivity contribution in [2.24, 2.45) is 0 Å². The van der Waals surface area contributed by atoms with E-state index in [0.717, 1.165) is 0 Å². The molecule has 0 bridgehead atoms. The summed E-state index contributed by atoms with van der Waals surface area (Å²) in [4.78, 5) is 11.3. The highest BCUT2D eigenvalue weighted by atomic mass is 79.9. The van der Waals surface area contributed by atoms with E-state index in [2.05, 4.69) is 21.2 Å². The smallest absolute Gasteiger partial charge is 0.250 e. The molecule has 0 spiro atoms. The van der Waals surface area contributed by atoms with E-state index in [4.69, 9.17) is 4.74 Å². The molecule has 88 valence electrons. The quantitative estimate of drug-likeness (QED) is 0.926. The summed E-state index contributed by atoms with van der Waals surface area (Å²) in [6.45, 7) is 3.58. The summed E-state index contributed by atoms with van der Waals surface area (Å²) in [5.41, 5.74) is 0.153. The summed E-state index contributed by atoms with van der Waals surface area (Å²) in [6, 6.07) is 4.44. The van der Waals surface area contributed by atoms with Crippen LogP contribution in [0, 0.1) is 5.82 Å². The average Bonchev–Trinajstić information content (AvgIpc) is 2.19. The van der Waals surface area contributed by atoms with Crippen molar-refractivity contribution < 1.29 is 13.9 Å². The number of hydrogen-bond acceptors (Lipinski definition) is 2. The second-order valence-corrected chi connectivity index (χ2v) is 4.45. The molecule has 0 atom stereocenters. The van der Waals surface area contributed by atoms with Crippen LogP contribution >= 0.6 is 15.9 Å². The molecular weight excluding hydrogens is 277 g/mol. The van der Waals surface area contributed by atoms with Crippen LogP contribution in [-0.2, 0) is 9.53 Å². The van der Waals surface area contributed by atoms with Crippen LogP contribution in [0.4, 0.5) is 10.1 Å². The average molecular weight is 290 g/mol. The molecule has 0 aromatic heterocycles. The summed E-state index contributed by atoms with van der Waals surface area (Å²) in [5.74, 6) is -0.845. The first-order valence-corrected chi connectivity index (χ1v) is 5.65. The number of ether oxygens (including phenoxy) is 1. The molecule has 16 heavy (non-hydrogen) atoms. The minimum atomic E-state index is -0.479. The van der Waals surface area contributed by atoms with Gasteiger partial charge in [0, 0.05) is 4.47 Å². The number of carbonyl (C=O) groups excluding carboxylic acids is 1. The largest absolute Gasteiger partial charge is 0.369 e. The van der Waals surface area contributed by atoms with Gasteiger partial charge in [-0.1, -0.05) is 15.9 Å². The van der Waals surface area contributed by atoms with Crippen molar-refractivity contribution in [1.82, 2.24) is 0 Å². The molecule has 0 fully saturated rings. The SMILES string of the molecule is CC(C)OCC(=O)Nc1ccc(Br)cc1F. The van der Waals surface area contributed by atoms with E-state index in [-0.39, 0.29) is 24.3 Å². The molecule has 0 radical (unpaired) electrons. The van der Waals surface area contributed by atoms with Crippen molar-refractivity contribution >= 4 is 27.5 Å². The van der Waals surface area contributed by atoms with Gasteiger partial charge in [0.1, 0.15) is 12.4 Å². The predicted octanol–water partition coefficient (Wildman–Crippen LogP) is 2.95. The van der Waals surface area contributed by atoms with Crippen LogP contribution in [0.5, 0.6) is 0 Å². The zero-order chi connectivity index (χ0) is 12.1. The molecule has 0 aliphatic carbocycles. The van der Waals surface area contributed by atoms with Gasteiger partial charge in [0.25, 0.3) is 0 Å². The van der Waals surface area contributed by atoms with Crippen molar-refractivity contribution in [2.45, 2.75) is 20.0 Å². The Kier molecular flexibility index (Phi) is 4.89. The van der Waals surface area contributed by atoms with Gasteiger partial charge in [0.15, 0.2) is 0 Å². The zero-order valence-electron chi connectivity index (χ0n) is 9.09. The van der Waals surface area contributed by atoms with Gasteiger partial charge < -0.3 is 10.1 Å². The fourth-order valence-corrected chi connectivity index (χ4v) is 1.35. The van der Waals surface area contributed by atoms with Gasteiger partial charge >= 0.3 is 0 Å². The Bertz CT molecular complexity index is 382. The molecule has 0 aliphatic heterocycles. The molecule has 0 unspecified atom stereocenters. The molecule has 1 aromatic carbocycles. The van der Waals surface area contributed by atoms with E-state index in [1.54, 1.807) is 6.07 Å². The van der Waals surface area contributed by atoms with Crippen molar-refractivity contribution in [1.29, 1.82) is 0 Å². The van der Waals surface area contributed by atoms with E-state index in [9.17, 15) is 9.18 Å². The van der Waals surface area contributed by atoms with E-state index in [1.165, 1.54) is 12.1 Å². The fraction of sp³-hybridized carbons (Fsp3) is 0.364. The monoisotopic (exact) mass is 289 g/mol. The van der Waals surface area contributed by atoms with E-state index in [1.807, 2.05) is 13.8 Å². The number of amides is 1. The zero-order valence-corrected chi connectivity index (χ0v) is 10.7. The molecule has 1 aromatic rings. The van der Waals surface area contributed by atoms with E-state index < -0.39 is 5.82 Å². The maximum Gasteiger partial charge on any atom is 0.250 e. The lowest BCUT2D eigenvalue weighted by atomic mass is 10.3. The van der Waals surface area contributed by atoms with Gasteiger partial charge in [-0.2, -0.15) is 0 Å². The number of carbonyl (C=O) groups is 1. The highest BCUT2D eigenvalue weighted by Crippen LogP contribution is 2.19. The Morgan fingerprint density at radius 2 is 2.25 bits per heavy atom. The van der Waals surface area contributed by atoms with Crippen LogP contribution in [0.3, 0.4) is 0 Å². The van der Waals surface area contributed by atoms with Gasteiger partial charge in [-0.15, -0.1) is 0 Å². The van der Waals surface area contributed by atoms with Crippen LogP contribution in [-0.4, -0.2) is 18.6 Å². The van der Waals surface area contributed by atoms with Gasteiger partial charge in [-0.3, -0.25) is 4.79 Å². The number of nitrogens with one attached hydrogen (secondary N) is 1. The maximum absolute atomic E-state index is 13.3. The Balaban J connectivity index is 2.56. The number of anilines is 1. The summed E-state index contributed by atoms with van der Waals surface area (Å²) in [6.07, 6.45) is -0.0273. The molecule has 1 amide bonds. The lowest BCUT2D eigenvalue weighted by Gasteiger charge is -2.09. The van der Waals surface area contributed by atoms with Crippen LogP contribution in [0.1, 0.15) is 13.8 Å². The molecule has 1 N–H and O–H groups in total. The second kappa shape index (κ2) is 5.96. The third-order valence-corrected chi connectivity index (χ3v) is 2.25. The van der Waals surface area contributed by atoms with Crippen molar-refractivity contribution in [3.05, 3.63) is 28.5 Å². The third-order valence-electron chi connectivity index (χ3n) is 1.75. The second-order valence-electron chi connectivity index (χ2n) is 3.53. The van der Waals surface area contributed by atoms with Crippen molar-refractivity contribution in [3.8, 4) is 0 Å². The molecule has 0 heterocycles. The molecule has 5 heteroatoms. The van der Waals surface area contributed by atoms with Crippen LogP contribution in [0.15, 0.2) is 22.7 Å². The van der Waals surface area contributed by atoms with Crippen LogP contribution in [0.25, 0.3) is 0 Å². The highest BCUT2D eigenvalue weighted by molar-refractivity contribution is 9.10. The van der Waals surface area contributed by atoms with Gasteiger partial charge in [-0.05, 0) is 32.0 Å². The number of halogens is 2. The molecule has 3 nitrogen and oxygen atoms in total. The lowest BCUT2D eigenvalue weighted by Crippen LogP contribution is -2.21. The summed E-state index contributed by atoms with van der Waals surface area (Å²) < 4.78 is 19.0. The first-order chi connectivity index (χ1) is 7.49. The van der Waals surface area contributed by atoms with E-state index in [0.29, 0.717) is 4.47 Å². The van der Waals surface area contributed by atoms with Crippen LogP contribution in [0.2, 0.25) is 0 Å². The van der Waals surface area contributed by atoms with Crippen molar-refractivity contribution in [2.75, 3.05) is 11.9 Å². The van der Waals surface area contributed by atoms with Gasteiger partial charge in [0.05, 0.1) is 11.8 Å². The normalized spacial score (nSPS) is 10.6. The maximum atomic E-state index is 13.3. The minimum Gasteiger partial charge on any atom is -0.369 e. The Morgan fingerprint density at radius 1 is 1.56 bits per heavy atom. The minimum absolute atomic E-state index is 0.0273. The Morgan fingerprint density at radius 3 is 2.81 bits per heavy atom. The first kappa shape index (κ1) is 13.1. The third kappa shape index (κ3) is 4.28. The highest BCUT2D eigenvalue weighted by Gasteiger charge is 2.08. The predicted molar refractivity (Wildman–Crippen MR) is 63.8 cm³/mol. The van der Waals surface area contributed by atoms with Gasteiger partial charge in [0.2, 0.25) is 5.91 Å². The van der Waals surface area contributed by atoms with E-state index >= 15 is 0 Å². The number of hydrogen-bond donors (Lipinski definition) is 1. The molecular formula is C11H13BrFNO2.